The fourth-order valence-corrected chi connectivity index (χ4v) is 2.59. The summed E-state index contributed by atoms with van der Waals surface area (Å²) in [4.78, 5) is 11.8. The molecular formula is C13H24O. The van der Waals surface area contributed by atoms with Gasteiger partial charge in [-0.05, 0) is 25.2 Å². The smallest absolute Gasteiger partial charge is 0.135 e. The summed E-state index contributed by atoms with van der Waals surface area (Å²) in [5, 5.41) is 0. The van der Waals surface area contributed by atoms with Crippen LogP contribution in [0.2, 0.25) is 0 Å². The fourth-order valence-electron chi connectivity index (χ4n) is 2.59. The standard InChI is InChI=1S/C13H24O/c1-3-12(4-2)13(14)10-9-11-7-5-6-8-11/h11-12H,3-10H2,1-2H3. The van der Waals surface area contributed by atoms with Gasteiger partial charge in [0.15, 0.2) is 0 Å². The van der Waals surface area contributed by atoms with Crippen molar-refractivity contribution in [2.75, 3.05) is 0 Å². The Morgan fingerprint density at radius 3 is 2.29 bits per heavy atom. The highest BCUT2D eigenvalue weighted by atomic mass is 16.1. The molecule has 14 heavy (non-hydrogen) atoms. The lowest BCUT2D eigenvalue weighted by molar-refractivity contribution is -0.123. The minimum atomic E-state index is 0.344. The Morgan fingerprint density at radius 2 is 1.79 bits per heavy atom. The normalized spacial score (nSPS) is 17.9. The Morgan fingerprint density at radius 1 is 1.21 bits per heavy atom. The molecule has 0 radical (unpaired) electrons. The Balaban J connectivity index is 2.18. The van der Waals surface area contributed by atoms with E-state index in [1.165, 1.54) is 25.7 Å². The van der Waals surface area contributed by atoms with Crippen LogP contribution in [0.25, 0.3) is 0 Å². The third kappa shape index (κ3) is 3.43. The maximum atomic E-state index is 11.8. The van der Waals surface area contributed by atoms with Crippen LogP contribution in [0.3, 0.4) is 0 Å². The molecule has 1 saturated carbocycles. The van der Waals surface area contributed by atoms with Gasteiger partial charge in [0.25, 0.3) is 0 Å². The van der Waals surface area contributed by atoms with Gasteiger partial charge in [-0.3, -0.25) is 4.79 Å². The van der Waals surface area contributed by atoms with Crippen LogP contribution in [0.15, 0.2) is 0 Å². The Labute approximate surface area is 88.3 Å². The average Bonchev–Trinajstić information content (AvgIpc) is 2.69. The molecule has 1 aliphatic carbocycles. The lowest BCUT2D eigenvalue weighted by Crippen LogP contribution is -2.13. The van der Waals surface area contributed by atoms with E-state index in [4.69, 9.17) is 0 Å². The second-order valence-electron chi connectivity index (χ2n) is 4.67. The van der Waals surface area contributed by atoms with E-state index < -0.39 is 0 Å². The van der Waals surface area contributed by atoms with Crippen LogP contribution in [-0.2, 0) is 4.79 Å². The van der Waals surface area contributed by atoms with Gasteiger partial charge < -0.3 is 0 Å². The average molecular weight is 196 g/mol. The highest BCUT2D eigenvalue weighted by molar-refractivity contribution is 5.80. The van der Waals surface area contributed by atoms with E-state index >= 15 is 0 Å². The molecule has 0 unspecified atom stereocenters. The first kappa shape index (κ1) is 11.7. The molecule has 0 amide bonds. The number of rotatable bonds is 6. The summed E-state index contributed by atoms with van der Waals surface area (Å²) in [7, 11) is 0. The Kier molecular flexibility index (Phi) is 5.21. The molecule has 0 aromatic rings. The predicted octanol–water partition coefficient (Wildman–Crippen LogP) is 3.96. The maximum Gasteiger partial charge on any atom is 0.135 e. The van der Waals surface area contributed by atoms with Gasteiger partial charge in [0.05, 0.1) is 0 Å². The van der Waals surface area contributed by atoms with E-state index in [0.717, 1.165) is 31.6 Å². The number of ketones is 1. The van der Waals surface area contributed by atoms with Crippen molar-refractivity contribution < 1.29 is 4.79 Å². The zero-order valence-corrected chi connectivity index (χ0v) is 9.72. The number of carbonyl (C=O) groups excluding carboxylic acids is 1. The monoisotopic (exact) mass is 196 g/mol. The molecule has 1 heteroatoms. The van der Waals surface area contributed by atoms with Gasteiger partial charge in [0.1, 0.15) is 5.78 Å². The van der Waals surface area contributed by atoms with Gasteiger partial charge in [-0.15, -0.1) is 0 Å². The van der Waals surface area contributed by atoms with E-state index in [2.05, 4.69) is 13.8 Å². The van der Waals surface area contributed by atoms with Gasteiger partial charge in [-0.1, -0.05) is 39.5 Å². The lowest BCUT2D eigenvalue weighted by Gasteiger charge is -2.13. The van der Waals surface area contributed by atoms with Crippen molar-refractivity contribution in [2.45, 2.75) is 65.2 Å². The van der Waals surface area contributed by atoms with Crippen molar-refractivity contribution in [3.05, 3.63) is 0 Å². The SMILES string of the molecule is CCC(CC)C(=O)CCC1CCCC1. The molecule has 0 spiro atoms. The molecule has 0 bridgehead atoms. The predicted molar refractivity (Wildman–Crippen MR) is 60.3 cm³/mol. The molecule has 1 nitrogen and oxygen atoms in total. The van der Waals surface area contributed by atoms with Crippen molar-refractivity contribution in [3.8, 4) is 0 Å². The van der Waals surface area contributed by atoms with Crippen LogP contribution in [0.1, 0.15) is 65.2 Å². The number of hydrogen-bond acceptors (Lipinski definition) is 1. The maximum absolute atomic E-state index is 11.8. The van der Waals surface area contributed by atoms with Crippen molar-refractivity contribution in [1.82, 2.24) is 0 Å². The van der Waals surface area contributed by atoms with Crippen molar-refractivity contribution in [1.29, 1.82) is 0 Å². The second-order valence-corrected chi connectivity index (χ2v) is 4.67. The number of Topliss-reactive ketones (excluding diaryl/α,β-unsaturated/α-hetero) is 1. The molecular weight excluding hydrogens is 172 g/mol. The first-order valence-corrected chi connectivity index (χ1v) is 6.30. The first-order chi connectivity index (χ1) is 6.77. The molecule has 0 aromatic heterocycles. The third-order valence-corrected chi connectivity index (χ3v) is 3.71. The first-order valence-electron chi connectivity index (χ1n) is 6.30. The zero-order chi connectivity index (χ0) is 10.4. The van der Waals surface area contributed by atoms with E-state index in [0.29, 0.717) is 11.7 Å². The minimum absolute atomic E-state index is 0.344. The Hall–Kier alpha value is -0.330. The summed E-state index contributed by atoms with van der Waals surface area (Å²) in [6, 6.07) is 0. The molecule has 0 aliphatic heterocycles. The zero-order valence-electron chi connectivity index (χ0n) is 9.72. The summed E-state index contributed by atoms with van der Waals surface area (Å²) >= 11 is 0. The number of carbonyl (C=O) groups is 1. The van der Waals surface area contributed by atoms with Crippen LogP contribution < -0.4 is 0 Å². The summed E-state index contributed by atoms with van der Waals surface area (Å²) in [6.07, 6.45) is 9.59. The van der Waals surface area contributed by atoms with Crippen LogP contribution in [0.4, 0.5) is 0 Å². The van der Waals surface area contributed by atoms with Gasteiger partial charge >= 0.3 is 0 Å². The van der Waals surface area contributed by atoms with Crippen LogP contribution in [-0.4, -0.2) is 5.78 Å². The molecule has 0 N–H and O–H groups in total. The van der Waals surface area contributed by atoms with Gasteiger partial charge in [-0.25, -0.2) is 0 Å². The second kappa shape index (κ2) is 6.21. The van der Waals surface area contributed by atoms with Crippen LogP contribution >= 0.6 is 0 Å². The van der Waals surface area contributed by atoms with E-state index in [1.54, 1.807) is 0 Å². The van der Waals surface area contributed by atoms with Crippen molar-refractivity contribution in [2.24, 2.45) is 11.8 Å². The Bertz CT molecular complexity index is 164. The molecule has 1 rings (SSSR count). The molecule has 0 aromatic carbocycles. The highest BCUT2D eigenvalue weighted by Crippen LogP contribution is 2.29. The molecule has 1 aliphatic rings. The summed E-state index contributed by atoms with van der Waals surface area (Å²) in [5.41, 5.74) is 0. The molecule has 1 fully saturated rings. The van der Waals surface area contributed by atoms with E-state index in [9.17, 15) is 4.79 Å². The largest absolute Gasteiger partial charge is 0.299 e. The van der Waals surface area contributed by atoms with Gasteiger partial charge in [0.2, 0.25) is 0 Å². The van der Waals surface area contributed by atoms with E-state index in [-0.39, 0.29) is 0 Å². The van der Waals surface area contributed by atoms with Crippen molar-refractivity contribution >= 4 is 5.78 Å². The molecule has 0 saturated heterocycles. The van der Waals surface area contributed by atoms with Crippen LogP contribution in [0.5, 0.6) is 0 Å². The topological polar surface area (TPSA) is 17.1 Å². The quantitative estimate of drug-likeness (QED) is 0.628. The molecule has 0 heterocycles. The molecule has 0 atom stereocenters. The highest BCUT2D eigenvalue weighted by Gasteiger charge is 2.19. The van der Waals surface area contributed by atoms with Crippen molar-refractivity contribution in [3.63, 3.8) is 0 Å². The van der Waals surface area contributed by atoms with Crippen LogP contribution in [0, 0.1) is 11.8 Å². The lowest BCUT2D eigenvalue weighted by atomic mass is 9.91. The summed E-state index contributed by atoms with van der Waals surface area (Å²) in [5.74, 6) is 1.73. The third-order valence-electron chi connectivity index (χ3n) is 3.71. The van der Waals surface area contributed by atoms with E-state index in [1.807, 2.05) is 0 Å². The summed E-state index contributed by atoms with van der Waals surface area (Å²) < 4.78 is 0. The molecule has 82 valence electrons. The summed E-state index contributed by atoms with van der Waals surface area (Å²) in [6.45, 7) is 4.25. The van der Waals surface area contributed by atoms with Gasteiger partial charge in [0, 0.05) is 12.3 Å². The number of hydrogen-bond donors (Lipinski definition) is 0. The minimum Gasteiger partial charge on any atom is -0.299 e. The van der Waals surface area contributed by atoms with Gasteiger partial charge in [-0.2, -0.15) is 0 Å². The fraction of sp³-hybridized carbons (Fsp3) is 0.923.